The Morgan fingerprint density at radius 3 is 2.85 bits per heavy atom. The van der Waals surface area contributed by atoms with E-state index in [4.69, 9.17) is 10.6 Å². The van der Waals surface area contributed by atoms with Gasteiger partial charge < -0.3 is 4.74 Å². The Balaban J connectivity index is 2.49. The zero-order valence-corrected chi connectivity index (χ0v) is 8.55. The van der Waals surface area contributed by atoms with Crippen molar-refractivity contribution in [2.24, 2.45) is 11.8 Å². The van der Waals surface area contributed by atoms with Crippen LogP contribution in [0.2, 0.25) is 0 Å². The Morgan fingerprint density at radius 1 is 1.77 bits per heavy atom. The molecular formula is C10H20N2O. The first kappa shape index (κ1) is 10.7. The van der Waals surface area contributed by atoms with E-state index in [1.54, 1.807) is 0 Å². The molecule has 0 aromatic carbocycles. The van der Waals surface area contributed by atoms with Gasteiger partial charge in [-0.05, 0) is 26.7 Å². The first-order valence-electron chi connectivity index (χ1n) is 4.87. The topological polar surface area (TPSA) is 47.3 Å². The van der Waals surface area contributed by atoms with Gasteiger partial charge in [-0.15, -0.1) is 6.58 Å². The lowest BCUT2D eigenvalue weighted by Crippen LogP contribution is -2.43. The lowest BCUT2D eigenvalue weighted by Gasteiger charge is -2.25. The van der Waals surface area contributed by atoms with Gasteiger partial charge in [0.25, 0.3) is 0 Å². The monoisotopic (exact) mass is 184 g/mol. The summed E-state index contributed by atoms with van der Waals surface area (Å²) in [5.74, 6) is 6.05. The fourth-order valence-corrected chi connectivity index (χ4v) is 1.99. The van der Waals surface area contributed by atoms with E-state index in [1.807, 2.05) is 6.92 Å². The maximum Gasteiger partial charge on any atom is 0.0591 e. The standard InChI is InChI=1S/C10H20N2O/c1-7(2)6-10(12-11)9-4-5-13-8(9)3/h8-10,12H,1,4-6,11H2,2-3H3. The molecular weight excluding hydrogens is 164 g/mol. The summed E-state index contributed by atoms with van der Waals surface area (Å²) in [6, 6.07) is 0.315. The maximum absolute atomic E-state index is 5.52. The van der Waals surface area contributed by atoms with E-state index in [0.29, 0.717) is 18.1 Å². The summed E-state index contributed by atoms with van der Waals surface area (Å²) in [5, 5.41) is 0. The number of ether oxygens (including phenoxy) is 1. The van der Waals surface area contributed by atoms with Crippen molar-refractivity contribution in [3.8, 4) is 0 Å². The van der Waals surface area contributed by atoms with Crippen molar-refractivity contribution in [1.82, 2.24) is 5.43 Å². The van der Waals surface area contributed by atoms with E-state index in [1.165, 1.54) is 5.57 Å². The van der Waals surface area contributed by atoms with Gasteiger partial charge in [0.2, 0.25) is 0 Å². The van der Waals surface area contributed by atoms with Crippen molar-refractivity contribution in [2.45, 2.75) is 38.8 Å². The number of hydrazine groups is 1. The summed E-state index contributed by atoms with van der Waals surface area (Å²) in [5.41, 5.74) is 4.03. The first-order chi connectivity index (χ1) is 6.15. The molecule has 0 amide bonds. The molecule has 1 heterocycles. The Bertz CT molecular complexity index is 182. The van der Waals surface area contributed by atoms with Gasteiger partial charge >= 0.3 is 0 Å². The predicted molar refractivity (Wildman–Crippen MR) is 54.1 cm³/mol. The molecule has 0 aromatic heterocycles. The number of nitrogens with two attached hydrogens (primary N) is 1. The van der Waals surface area contributed by atoms with Crippen LogP contribution >= 0.6 is 0 Å². The van der Waals surface area contributed by atoms with Crippen LogP contribution in [0.5, 0.6) is 0 Å². The highest BCUT2D eigenvalue weighted by atomic mass is 16.5. The van der Waals surface area contributed by atoms with Crippen molar-refractivity contribution in [1.29, 1.82) is 0 Å². The van der Waals surface area contributed by atoms with E-state index in [0.717, 1.165) is 19.4 Å². The number of rotatable bonds is 4. The molecule has 76 valence electrons. The average Bonchev–Trinajstić information content (AvgIpc) is 2.47. The second-order valence-electron chi connectivity index (χ2n) is 3.96. The van der Waals surface area contributed by atoms with Crippen LogP contribution in [-0.4, -0.2) is 18.8 Å². The van der Waals surface area contributed by atoms with E-state index in [-0.39, 0.29) is 0 Å². The number of hydrogen-bond acceptors (Lipinski definition) is 3. The summed E-state index contributed by atoms with van der Waals surface area (Å²) < 4.78 is 5.50. The fourth-order valence-electron chi connectivity index (χ4n) is 1.99. The Morgan fingerprint density at radius 2 is 2.46 bits per heavy atom. The molecule has 0 spiro atoms. The van der Waals surface area contributed by atoms with Crippen molar-refractivity contribution < 1.29 is 4.74 Å². The lowest BCUT2D eigenvalue weighted by atomic mass is 9.90. The zero-order chi connectivity index (χ0) is 9.84. The molecule has 0 saturated carbocycles. The second-order valence-corrected chi connectivity index (χ2v) is 3.96. The normalized spacial score (nSPS) is 30.4. The van der Waals surface area contributed by atoms with Gasteiger partial charge in [0.05, 0.1) is 6.10 Å². The van der Waals surface area contributed by atoms with E-state index >= 15 is 0 Å². The summed E-state index contributed by atoms with van der Waals surface area (Å²) in [6.07, 6.45) is 2.36. The highest BCUT2D eigenvalue weighted by Crippen LogP contribution is 2.26. The summed E-state index contributed by atoms with van der Waals surface area (Å²) in [6.45, 7) is 8.91. The molecule has 3 heteroatoms. The second kappa shape index (κ2) is 4.74. The minimum absolute atomic E-state index is 0.315. The molecule has 0 aromatic rings. The molecule has 3 unspecified atom stereocenters. The third kappa shape index (κ3) is 2.79. The van der Waals surface area contributed by atoms with E-state index < -0.39 is 0 Å². The van der Waals surface area contributed by atoms with Gasteiger partial charge in [0, 0.05) is 18.6 Å². The molecule has 3 nitrogen and oxygen atoms in total. The molecule has 0 bridgehead atoms. The average molecular weight is 184 g/mol. The van der Waals surface area contributed by atoms with Gasteiger partial charge in [-0.3, -0.25) is 11.3 Å². The molecule has 1 rings (SSSR count). The smallest absolute Gasteiger partial charge is 0.0591 e. The van der Waals surface area contributed by atoms with Crippen LogP contribution < -0.4 is 11.3 Å². The summed E-state index contributed by atoms with van der Waals surface area (Å²) in [7, 11) is 0. The molecule has 3 atom stereocenters. The quantitative estimate of drug-likeness (QED) is 0.392. The maximum atomic E-state index is 5.52. The van der Waals surface area contributed by atoms with E-state index in [9.17, 15) is 0 Å². The fraction of sp³-hybridized carbons (Fsp3) is 0.800. The Kier molecular flexibility index (Phi) is 3.90. The zero-order valence-electron chi connectivity index (χ0n) is 8.55. The van der Waals surface area contributed by atoms with Gasteiger partial charge in [-0.25, -0.2) is 0 Å². The lowest BCUT2D eigenvalue weighted by molar-refractivity contribution is 0.0954. The third-order valence-electron chi connectivity index (χ3n) is 2.73. The predicted octanol–water partition coefficient (Wildman–Crippen LogP) is 1.21. The van der Waals surface area contributed by atoms with Crippen molar-refractivity contribution in [3.63, 3.8) is 0 Å². The van der Waals surface area contributed by atoms with Crippen LogP contribution in [0.1, 0.15) is 26.7 Å². The Hall–Kier alpha value is -0.380. The van der Waals surface area contributed by atoms with Gasteiger partial charge in [-0.2, -0.15) is 0 Å². The summed E-state index contributed by atoms with van der Waals surface area (Å²) in [4.78, 5) is 0. The number of hydrogen-bond donors (Lipinski definition) is 2. The molecule has 1 aliphatic rings. The summed E-state index contributed by atoms with van der Waals surface area (Å²) >= 11 is 0. The van der Waals surface area contributed by atoms with Crippen molar-refractivity contribution in [2.75, 3.05) is 6.61 Å². The number of nitrogens with one attached hydrogen (secondary N) is 1. The molecule has 0 radical (unpaired) electrons. The van der Waals surface area contributed by atoms with Crippen LogP contribution in [-0.2, 0) is 4.74 Å². The third-order valence-corrected chi connectivity index (χ3v) is 2.73. The van der Waals surface area contributed by atoms with Crippen LogP contribution in [0.3, 0.4) is 0 Å². The minimum atomic E-state index is 0.315. The molecule has 1 aliphatic heterocycles. The van der Waals surface area contributed by atoms with Crippen molar-refractivity contribution >= 4 is 0 Å². The molecule has 0 aliphatic carbocycles. The molecule has 1 saturated heterocycles. The molecule has 3 N–H and O–H groups in total. The van der Waals surface area contributed by atoms with Crippen LogP contribution in [0.15, 0.2) is 12.2 Å². The van der Waals surface area contributed by atoms with Gasteiger partial charge in [0.15, 0.2) is 0 Å². The van der Waals surface area contributed by atoms with Gasteiger partial charge in [-0.1, -0.05) is 5.57 Å². The van der Waals surface area contributed by atoms with E-state index in [2.05, 4.69) is 18.9 Å². The van der Waals surface area contributed by atoms with Crippen LogP contribution in [0.4, 0.5) is 0 Å². The molecule has 13 heavy (non-hydrogen) atoms. The highest BCUT2D eigenvalue weighted by Gasteiger charge is 2.30. The molecule has 1 fully saturated rings. The van der Waals surface area contributed by atoms with Crippen molar-refractivity contribution in [3.05, 3.63) is 12.2 Å². The van der Waals surface area contributed by atoms with Crippen LogP contribution in [0.25, 0.3) is 0 Å². The minimum Gasteiger partial charge on any atom is -0.378 e. The largest absolute Gasteiger partial charge is 0.378 e. The highest BCUT2D eigenvalue weighted by molar-refractivity contribution is 4.96. The first-order valence-corrected chi connectivity index (χ1v) is 4.87. The Labute approximate surface area is 80.3 Å². The van der Waals surface area contributed by atoms with Crippen LogP contribution in [0, 0.1) is 5.92 Å². The SMILES string of the molecule is C=C(C)CC(NN)C1CCOC1C. The van der Waals surface area contributed by atoms with Gasteiger partial charge in [0.1, 0.15) is 0 Å².